The van der Waals surface area contributed by atoms with Crippen LogP contribution in [-0.4, -0.2) is 39.6 Å². The Balaban J connectivity index is 2.07. The number of nitriles is 1. The maximum atomic E-state index is 12.0. The molecule has 2 rings (SSSR count). The highest BCUT2D eigenvalue weighted by molar-refractivity contribution is 8.00. The number of nitrogens with zero attached hydrogens (tertiary/aromatic N) is 4. The first-order valence-corrected chi connectivity index (χ1v) is 7.26. The lowest BCUT2D eigenvalue weighted by Crippen LogP contribution is -2.29. The summed E-state index contributed by atoms with van der Waals surface area (Å²) in [6, 6.07) is 2.11. The third-order valence-corrected chi connectivity index (χ3v) is 4.03. The van der Waals surface area contributed by atoms with Crippen molar-refractivity contribution >= 4 is 17.7 Å². The molecule has 1 aliphatic heterocycles. The van der Waals surface area contributed by atoms with Crippen molar-refractivity contribution in [3.8, 4) is 6.07 Å². The molecule has 1 saturated heterocycles. The Morgan fingerprint density at radius 3 is 2.68 bits per heavy atom. The van der Waals surface area contributed by atoms with Crippen LogP contribution in [0.3, 0.4) is 0 Å². The molecular weight excluding hydrogens is 260 g/mol. The maximum absolute atomic E-state index is 12.0. The molecule has 19 heavy (non-hydrogen) atoms. The molecule has 0 aromatic carbocycles. The lowest BCUT2D eigenvalue weighted by atomic mass is 10.3. The first-order valence-electron chi connectivity index (χ1n) is 6.27. The Hall–Kier alpha value is -1.61. The van der Waals surface area contributed by atoms with E-state index < -0.39 is 0 Å². The minimum absolute atomic E-state index is 0.125. The van der Waals surface area contributed by atoms with Gasteiger partial charge < -0.3 is 4.90 Å². The number of carbonyl (C=O) groups excluding carboxylic acids is 1. The van der Waals surface area contributed by atoms with E-state index in [1.165, 1.54) is 11.8 Å². The lowest BCUT2D eigenvalue weighted by Gasteiger charge is -2.14. The number of hydrogen-bond donors (Lipinski definition) is 0. The molecule has 1 aromatic rings. The summed E-state index contributed by atoms with van der Waals surface area (Å²) >= 11 is 1.33. The van der Waals surface area contributed by atoms with E-state index in [1.807, 2.05) is 4.90 Å². The summed E-state index contributed by atoms with van der Waals surface area (Å²) in [5, 5.41) is 9.74. The van der Waals surface area contributed by atoms with E-state index in [1.54, 1.807) is 13.8 Å². The van der Waals surface area contributed by atoms with Crippen LogP contribution in [-0.2, 0) is 4.79 Å². The van der Waals surface area contributed by atoms with Gasteiger partial charge in [-0.1, -0.05) is 11.8 Å². The van der Waals surface area contributed by atoms with Crippen molar-refractivity contribution < 1.29 is 4.79 Å². The van der Waals surface area contributed by atoms with E-state index in [2.05, 4.69) is 16.0 Å². The fourth-order valence-corrected chi connectivity index (χ4v) is 3.08. The van der Waals surface area contributed by atoms with Gasteiger partial charge in [-0.25, -0.2) is 9.97 Å². The third kappa shape index (κ3) is 3.24. The van der Waals surface area contributed by atoms with Crippen LogP contribution in [0.5, 0.6) is 0 Å². The molecule has 0 atom stereocenters. The van der Waals surface area contributed by atoms with Crippen LogP contribution in [0.25, 0.3) is 0 Å². The van der Waals surface area contributed by atoms with Crippen molar-refractivity contribution in [2.45, 2.75) is 31.7 Å². The van der Waals surface area contributed by atoms with Crippen LogP contribution in [0, 0.1) is 25.2 Å². The predicted octanol–water partition coefficient (Wildman–Crippen LogP) is 1.68. The zero-order valence-corrected chi connectivity index (χ0v) is 12.0. The van der Waals surface area contributed by atoms with E-state index in [0.717, 1.165) is 25.9 Å². The number of thioether (sulfide) groups is 1. The standard InChI is InChI=1S/C13H16N4OS/c1-9-11(7-14)13(16-10(2)15-9)19-8-12(18)17-5-3-4-6-17/h3-6,8H2,1-2H3. The summed E-state index contributed by atoms with van der Waals surface area (Å²) < 4.78 is 0. The monoisotopic (exact) mass is 276 g/mol. The third-order valence-electron chi connectivity index (χ3n) is 3.07. The fourth-order valence-electron chi connectivity index (χ4n) is 2.10. The Labute approximate surface area is 117 Å². The molecule has 0 aliphatic carbocycles. The number of hydrogen-bond acceptors (Lipinski definition) is 5. The summed E-state index contributed by atoms with van der Waals surface area (Å²) in [6.07, 6.45) is 2.18. The van der Waals surface area contributed by atoms with Crippen LogP contribution in [0.15, 0.2) is 5.03 Å². The van der Waals surface area contributed by atoms with Gasteiger partial charge >= 0.3 is 0 Å². The zero-order chi connectivity index (χ0) is 13.8. The smallest absolute Gasteiger partial charge is 0.232 e. The van der Waals surface area contributed by atoms with Gasteiger partial charge in [-0.2, -0.15) is 5.26 Å². The van der Waals surface area contributed by atoms with Gasteiger partial charge in [-0.3, -0.25) is 4.79 Å². The highest BCUT2D eigenvalue weighted by atomic mass is 32.2. The SMILES string of the molecule is Cc1nc(C)c(C#N)c(SCC(=O)N2CCCC2)n1. The van der Waals surface area contributed by atoms with Crippen molar-refractivity contribution in [2.24, 2.45) is 0 Å². The van der Waals surface area contributed by atoms with Gasteiger partial charge in [-0.15, -0.1) is 0 Å². The Bertz CT molecular complexity index is 532. The number of aromatic nitrogens is 2. The van der Waals surface area contributed by atoms with E-state index >= 15 is 0 Å². The van der Waals surface area contributed by atoms with Gasteiger partial charge in [0.1, 0.15) is 22.5 Å². The number of carbonyl (C=O) groups is 1. The lowest BCUT2D eigenvalue weighted by molar-refractivity contribution is -0.127. The predicted molar refractivity (Wildman–Crippen MR) is 72.8 cm³/mol. The molecule has 2 heterocycles. The number of amides is 1. The van der Waals surface area contributed by atoms with E-state index in [4.69, 9.17) is 5.26 Å². The summed E-state index contributed by atoms with van der Waals surface area (Å²) in [5.41, 5.74) is 1.15. The largest absolute Gasteiger partial charge is 0.342 e. The number of aryl methyl sites for hydroxylation is 2. The molecule has 1 fully saturated rings. The molecule has 1 amide bonds. The quantitative estimate of drug-likeness (QED) is 0.620. The summed E-state index contributed by atoms with van der Waals surface area (Å²) in [5.74, 6) is 1.10. The molecule has 100 valence electrons. The highest BCUT2D eigenvalue weighted by Gasteiger charge is 2.19. The number of likely N-dealkylation sites (tertiary alicyclic amines) is 1. The van der Waals surface area contributed by atoms with Gasteiger partial charge in [0.2, 0.25) is 5.91 Å². The average Bonchev–Trinajstić information content (AvgIpc) is 2.89. The fraction of sp³-hybridized carbons (Fsp3) is 0.538. The molecule has 1 aliphatic rings. The van der Waals surface area contributed by atoms with Crippen molar-refractivity contribution in [1.29, 1.82) is 5.26 Å². The van der Waals surface area contributed by atoms with Crippen molar-refractivity contribution in [1.82, 2.24) is 14.9 Å². The Morgan fingerprint density at radius 1 is 1.37 bits per heavy atom. The van der Waals surface area contributed by atoms with Gasteiger partial charge in [0.25, 0.3) is 0 Å². The van der Waals surface area contributed by atoms with Gasteiger partial charge in [0, 0.05) is 13.1 Å². The van der Waals surface area contributed by atoms with Crippen molar-refractivity contribution in [3.05, 3.63) is 17.1 Å². The van der Waals surface area contributed by atoms with Crippen LogP contribution in [0.1, 0.15) is 29.9 Å². The molecule has 0 spiro atoms. The van der Waals surface area contributed by atoms with Gasteiger partial charge in [0.05, 0.1) is 11.4 Å². The zero-order valence-electron chi connectivity index (χ0n) is 11.1. The molecule has 0 unspecified atom stereocenters. The molecule has 5 nitrogen and oxygen atoms in total. The Morgan fingerprint density at radius 2 is 2.05 bits per heavy atom. The van der Waals surface area contributed by atoms with E-state index in [-0.39, 0.29) is 5.91 Å². The molecule has 6 heteroatoms. The first kappa shape index (κ1) is 13.8. The Kier molecular flexibility index (Phi) is 4.38. The van der Waals surface area contributed by atoms with E-state index in [9.17, 15) is 4.79 Å². The van der Waals surface area contributed by atoms with Crippen LogP contribution >= 0.6 is 11.8 Å². The highest BCUT2D eigenvalue weighted by Crippen LogP contribution is 2.23. The van der Waals surface area contributed by atoms with Crippen LogP contribution < -0.4 is 0 Å². The summed E-state index contributed by atoms with van der Waals surface area (Å²) in [6.45, 7) is 5.29. The number of rotatable bonds is 3. The second kappa shape index (κ2) is 6.02. The van der Waals surface area contributed by atoms with Gasteiger partial charge in [-0.05, 0) is 26.7 Å². The minimum atomic E-state index is 0.125. The second-order valence-electron chi connectivity index (χ2n) is 4.52. The van der Waals surface area contributed by atoms with Crippen molar-refractivity contribution in [3.63, 3.8) is 0 Å². The minimum Gasteiger partial charge on any atom is -0.342 e. The average molecular weight is 276 g/mol. The maximum Gasteiger partial charge on any atom is 0.232 e. The molecule has 0 bridgehead atoms. The van der Waals surface area contributed by atoms with E-state index in [0.29, 0.717) is 27.9 Å². The van der Waals surface area contributed by atoms with Gasteiger partial charge in [0.15, 0.2) is 0 Å². The first-order chi connectivity index (χ1) is 9.11. The topological polar surface area (TPSA) is 69.9 Å². The molecule has 0 N–H and O–H groups in total. The molecule has 0 radical (unpaired) electrons. The summed E-state index contributed by atoms with van der Waals surface area (Å²) in [4.78, 5) is 22.3. The molecule has 1 aromatic heterocycles. The second-order valence-corrected chi connectivity index (χ2v) is 5.49. The van der Waals surface area contributed by atoms with Crippen LogP contribution in [0.4, 0.5) is 0 Å². The van der Waals surface area contributed by atoms with Crippen molar-refractivity contribution in [2.75, 3.05) is 18.8 Å². The normalized spacial score (nSPS) is 14.5. The molecular formula is C13H16N4OS. The van der Waals surface area contributed by atoms with Crippen LogP contribution in [0.2, 0.25) is 0 Å². The summed E-state index contributed by atoms with van der Waals surface area (Å²) in [7, 11) is 0. The molecule has 0 saturated carbocycles.